The summed E-state index contributed by atoms with van der Waals surface area (Å²) >= 11 is 0. The fraction of sp³-hybridized carbons (Fsp3) is 0.938. The molecule has 0 N–H and O–H groups in total. The van der Waals surface area contributed by atoms with Crippen molar-refractivity contribution in [1.29, 1.82) is 0 Å². The minimum absolute atomic E-state index is 0.0542. The molecule has 0 atom stereocenters. The number of carbonyl (C=O) groups excluding carboxylic acids is 1. The minimum Gasteiger partial charge on any atom is -0.465 e. The van der Waals surface area contributed by atoms with Gasteiger partial charge in [0.05, 0.1) is 13.2 Å². The number of piperazine rings is 1. The Balaban J connectivity index is 1.62. The van der Waals surface area contributed by atoms with Gasteiger partial charge in [0, 0.05) is 45.3 Å². The lowest BCUT2D eigenvalue weighted by Gasteiger charge is -2.41. The first-order chi connectivity index (χ1) is 10.2. The van der Waals surface area contributed by atoms with Crippen molar-refractivity contribution in [3.8, 4) is 0 Å². The molecule has 0 spiro atoms. The standard InChI is InChI=1S/C16H31N3O2/c1-3-4-13-21-16(20)14-18-7-5-15(6-8-18)19-11-9-17(2)10-12-19/h15H,3-14H2,1-2H3. The van der Waals surface area contributed by atoms with Gasteiger partial charge in [-0.15, -0.1) is 0 Å². The van der Waals surface area contributed by atoms with Crippen molar-refractivity contribution in [3.05, 3.63) is 0 Å². The van der Waals surface area contributed by atoms with Crippen LogP contribution in [0.25, 0.3) is 0 Å². The van der Waals surface area contributed by atoms with Crippen molar-refractivity contribution in [2.45, 2.75) is 38.6 Å². The quantitative estimate of drug-likeness (QED) is 0.541. The van der Waals surface area contributed by atoms with Gasteiger partial charge < -0.3 is 9.64 Å². The molecule has 2 rings (SSSR count). The smallest absolute Gasteiger partial charge is 0.320 e. The van der Waals surface area contributed by atoms with E-state index in [1.165, 1.54) is 39.0 Å². The first kappa shape index (κ1) is 16.7. The highest BCUT2D eigenvalue weighted by molar-refractivity contribution is 5.71. The second-order valence-electron chi connectivity index (χ2n) is 6.42. The van der Waals surface area contributed by atoms with Crippen molar-refractivity contribution < 1.29 is 9.53 Å². The lowest BCUT2D eigenvalue weighted by atomic mass is 10.0. The molecule has 0 unspecified atom stereocenters. The normalized spacial score (nSPS) is 23.3. The molecule has 0 bridgehead atoms. The van der Waals surface area contributed by atoms with E-state index in [1.807, 2.05) is 0 Å². The fourth-order valence-corrected chi connectivity index (χ4v) is 3.19. The predicted octanol–water partition coefficient (Wildman–Crippen LogP) is 1.04. The molecule has 0 saturated carbocycles. The van der Waals surface area contributed by atoms with Gasteiger partial charge in [-0.3, -0.25) is 14.6 Å². The highest BCUT2D eigenvalue weighted by Crippen LogP contribution is 2.17. The van der Waals surface area contributed by atoms with E-state index in [9.17, 15) is 4.79 Å². The molecule has 0 aliphatic carbocycles. The number of hydrogen-bond donors (Lipinski definition) is 0. The number of rotatable bonds is 6. The summed E-state index contributed by atoms with van der Waals surface area (Å²) in [6, 6.07) is 0.714. The molecule has 2 fully saturated rings. The molecule has 0 radical (unpaired) electrons. The van der Waals surface area contributed by atoms with Gasteiger partial charge in [-0.1, -0.05) is 13.3 Å². The van der Waals surface area contributed by atoms with Crippen LogP contribution in [0.4, 0.5) is 0 Å². The van der Waals surface area contributed by atoms with Gasteiger partial charge in [-0.25, -0.2) is 0 Å². The van der Waals surface area contributed by atoms with Crippen LogP contribution in [0.3, 0.4) is 0 Å². The van der Waals surface area contributed by atoms with Crippen LogP contribution in [0.1, 0.15) is 32.6 Å². The third-order valence-corrected chi connectivity index (χ3v) is 4.73. The highest BCUT2D eigenvalue weighted by Gasteiger charge is 2.27. The van der Waals surface area contributed by atoms with Crippen molar-refractivity contribution >= 4 is 5.97 Å². The van der Waals surface area contributed by atoms with Crippen molar-refractivity contribution in [1.82, 2.24) is 14.7 Å². The van der Waals surface area contributed by atoms with Crippen molar-refractivity contribution in [3.63, 3.8) is 0 Å². The summed E-state index contributed by atoms with van der Waals surface area (Å²) in [4.78, 5) is 19.0. The van der Waals surface area contributed by atoms with Crippen LogP contribution in [0.2, 0.25) is 0 Å². The second-order valence-corrected chi connectivity index (χ2v) is 6.42. The van der Waals surface area contributed by atoms with Crippen LogP contribution in [0.15, 0.2) is 0 Å². The number of likely N-dealkylation sites (tertiary alicyclic amines) is 1. The molecule has 2 saturated heterocycles. The Kier molecular flexibility index (Phi) is 6.93. The number of carbonyl (C=O) groups is 1. The Labute approximate surface area is 129 Å². The second kappa shape index (κ2) is 8.71. The van der Waals surface area contributed by atoms with Crippen LogP contribution in [0, 0.1) is 0 Å². The van der Waals surface area contributed by atoms with E-state index in [0.717, 1.165) is 25.9 Å². The van der Waals surface area contributed by atoms with E-state index in [4.69, 9.17) is 4.74 Å². The van der Waals surface area contributed by atoms with Gasteiger partial charge in [0.15, 0.2) is 0 Å². The van der Waals surface area contributed by atoms with Gasteiger partial charge >= 0.3 is 5.97 Å². The summed E-state index contributed by atoms with van der Waals surface area (Å²) in [5, 5.41) is 0. The maximum atomic E-state index is 11.7. The van der Waals surface area contributed by atoms with Crippen LogP contribution in [-0.4, -0.2) is 86.2 Å². The van der Waals surface area contributed by atoms with E-state index < -0.39 is 0 Å². The van der Waals surface area contributed by atoms with E-state index >= 15 is 0 Å². The van der Waals surface area contributed by atoms with Crippen LogP contribution < -0.4 is 0 Å². The molecular formula is C16H31N3O2. The lowest BCUT2D eigenvalue weighted by molar-refractivity contribution is -0.145. The molecule has 0 amide bonds. The molecule has 2 aliphatic rings. The SMILES string of the molecule is CCCCOC(=O)CN1CCC(N2CCN(C)CC2)CC1. The molecular weight excluding hydrogens is 266 g/mol. The third kappa shape index (κ3) is 5.57. The van der Waals surface area contributed by atoms with Crippen molar-refractivity contribution in [2.75, 3.05) is 59.5 Å². The van der Waals surface area contributed by atoms with Gasteiger partial charge in [0.2, 0.25) is 0 Å². The molecule has 122 valence electrons. The number of likely N-dealkylation sites (N-methyl/N-ethyl adjacent to an activating group) is 1. The number of unbranched alkanes of at least 4 members (excludes halogenated alkanes) is 1. The number of ether oxygens (including phenoxy) is 1. The summed E-state index contributed by atoms with van der Waals surface area (Å²) in [6.45, 7) is 9.97. The Hall–Kier alpha value is -0.650. The number of hydrogen-bond acceptors (Lipinski definition) is 5. The summed E-state index contributed by atoms with van der Waals surface area (Å²) in [7, 11) is 2.20. The van der Waals surface area contributed by atoms with E-state index in [-0.39, 0.29) is 5.97 Å². The summed E-state index contributed by atoms with van der Waals surface area (Å²) in [5.41, 5.74) is 0. The number of esters is 1. The maximum Gasteiger partial charge on any atom is 0.320 e. The molecule has 21 heavy (non-hydrogen) atoms. The first-order valence-corrected chi connectivity index (χ1v) is 8.49. The summed E-state index contributed by atoms with van der Waals surface area (Å²) in [6.07, 6.45) is 4.42. The Morgan fingerprint density at radius 3 is 2.38 bits per heavy atom. The van der Waals surface area contributed by atoms with E-state index in [2.05, 4.69) is 28.7 Å². The maximum absolute atomic E-state index is 11.7. The molecule has 0 aromatic heterocycles. The van der Waals surface area contributed by atoms with Crippen LogP contribution >= 0.6 is 0 Å². The molecule has 0 aromatic rings. The number of piperidine rings is 1. The zero-order valence-electron chi connectivity index (χ0n) is 13.7. The Morgan fingerprint density at radius 2 is 1.76 bits per heavy atom. The van der Waals surface area contributed by atoms with Gasteiger partial charge in [0.1, 0.15) is 0 Å². The molecule has 5 nitrogen and oxygen atoms in total. The largest absolute Gasteiger partial charge is 0.465 e. The number of nitrogens with zero attached hydrogens (tertiary/aromatic N) is 3. The highest BCUT2D eigenvalue weighted by atomic mass is 16.5. The zero-order chi connectivity index (χ0) is 15.1. The molecule has 5 heteroatoms. The first-order valence-electron chi connectivity index (χ1n) is 8.49. The Bertz CT molecular complexity index is 309. The van der Waals surface area contributed by atoms with Crippen molar-refractivity contribution in [2.24, 2.45) is 0 Å². The van der Waals surface area contributed by atoms with Crippen LogP contribution in [-0.2, 0) is 9.53 Å². The average molecular weight is 297 g/mol. The zero-order valence-corrected chi connectivity index (χ0v) is 13.7. The average Bonchev–Trinajstić information content (AvgIpc) is 2.49. The van der Waals surface area contributed by atoms with Gasteiger partial charge in [-0.05, 0) is 26.3 Å². The van der Waals surface area contributed by atoms with Gasteiger partial charge in [0.25, 0.3) is 0 Å². The molecule has 2 heterocycles. The summed E-state index contributed by atoms with van der Waals surface area (Å²) < 4.78 is 5.24. The molecule has 2 aliphatic heterocycles. The van der Waals surface area contributed by atoms with E-state index in [0.29, 0.717) is 19.2 Å². The van der Waals surface area contributed by atoms with E-state index in [1.54, 1.807) is 0 Å². The fourth-order valence-electron chi connectivity index (χ4n) is 3.19. The lowest BCUT2D eigenvalue weighted by Crippen LogP contribution is -2.52. The summed E-state index contributed by atoms with van der Waals surface area (Å²) in [5.74, 6) is -0.0542. The monoisotopic (exact) mass is 297 g/mol. The topological polar surface area (TPSA) is 36.0 Å². The third-order valence-electron chi connectivity index (χ3n) is 4.73. The predicted molar refractivity (Wildman–Crippen MR) is 84.4 cm³/mol. The molecule has 0 aromatic carbocycles. The minimum atomic E-state index is -0.0542. The Morgan fingerprint density at radius 1 is 1.10 bits per heavy atom. The van der Waals surface area contributed by atoms with Crippen LogP contribution in [0.5, 0.6) is 0 Å². The van der Waals surface area contributed by atoms with Gasteiger partial charge in [-0.2, -0.15) is 0 Å².